The smallest absolute Gasteiger partial charge is 0.236 e. The van der Waals surface area contributed by atoms with Crippen LogP contribution in [0.25, 0.3) is 5.69 Å². The van der Waals surface area contributed by atoms with Gasteiger partial charge in [-0.25, -0.2) is 9.67 Å². The quantitative estimate of drug-likeness (QED) is 0.532. The highest BCUT2D eigenvalue weighted by Crippen LogP contribution is 2.24. The molecular weight excluding hydrogens is 368 g/mol. The molecule has 5 nitrogen and oxygen atoms in total. The van der Waals surface area contributed by atoms with Crippen molar-refractivity contribution < 1.29 is 4.79 Å². The standard InChI is InChI=1S/C14H12N4OS4/c1-9-7-21-12(15-9)16-11(19)8-22-13-17-18(14(20)23-13)10-5-3-2-4-6-10/h2-7H,8H2,1H3,(H,15,16,19). The molecule has 23 heavy (non-hydrogen) atoms. The van der Waals surface area contributed by atoms with E-state index in [1.54, 1.807) is 4.68 Å². The lowest BCUT2D eigenvalue weighted by molar-refractivity contribution is -0.113. The number of rotatable bonds is 5. The third-order valence-electron chi connectivity index (χ3n) is 2.72. The minimum atomic E-state index is -0.100. The Hall–Kier alpha value is -1.55. The summed E-state index contributed by atoms with van der Waals surface area (Å²) in [5.41, 5.74) is 1.82. The van der Waals surface area contributed by atoms with Gasteiger partial charge in [-0.2, -0.15) is 0 Å². The van der Waals surface area contributed by atoms with Crippen LogP contribution in [-0.2, 0) is 4.79 Å². The average Bonchev–Trinajstić information content (AvgIpc) is 3.12. The van der Waals surface area contributed by atoms with Gasteiger partial charge in [0.2, 0.25) is 5.91 Å². The topological polar surface area (TPSA) is 59.8 Å². The van der Waals surface area contributed by atoms with Crippen LogP contribution in [0.5, 0.6) is 0 Å². The summed E-state index contributed by atoms with van der Waals surface area (Å²) in [5, 5.41) is 9.76. The number of nitrogens with zero attached hydrogens (tertiary/aromatic N) is 3. The van der Waals surface area contributed by atoms with Crippen molar-refractivity contribution in [2.24, 2.45) is 0 Å². The number of hydrogen-bond acceptors (Lipinski definition) is 7. The van der Waals surface area contributed by atoms with E-state index >= 15 is 0 Å². The zero-order valence-electron chi connectivity index (χ0n) is 12.1. The van der Waals surface area contributed by atoms with E-state index in [2.05, 4.69) is 15.4 Å². The molecule has 2 aromatic heterocycles. The molecule has 0 spiro atoms. The molecule has 0 bridgehead atoms. The second-order valence-electron chi connectivity index (χ2n) is 4.51. The molecule has 9 heteroatoms. The maximum atomic E-state index is 11.9. The van der Waals surface area contributed by atoms with Crippen LogP contribution < -0.4 is 5.32 Å². The second kappa shape index (κ2) is 7.35. The molecule has 0 fully saturated rings. The van der Waals surface area contributed by atoms with E-state index in [-0.39, 0.29) is 11.7 Å². The lowest BCUT2D eigenvalue weighted by Crippen LogP contribution is -2.13. The van der Waals surface area contributed by atoms with E-state index in [9.17, 15) is 4.79 Å². The molecule has 118 valence electrons. The second-order valence-corrected chi connectivity index (χ2v) is 8.22. The van der Waals surface area contributed by atoms with Crippen LogP contribution in [0.1, 0.15) is 5.69 Å². The zero-order valence-corrected chi connectivity index (χ0v) is 15.3. The van der Waals surface area contributed by atoms with E-state index < -0.39 is 0 Å². The number of amides is 1. The number of aryl methyl sites for hydroxylation is 1. The van der Waals surface area contributed by atoms with Gasteiger partial charge in [-0.1, -0.05) is 41.3 Å². The molecule has 3 rings (SSSR count). The third kappa shape index (κ3) is 4.25. The lowest BCUT2D eigenvalue weighted by atomic mass is 10.3. The van der Waals surface area contributed by atoms with Crippen molar-refractivity contribution in [3.05, 3.63) is 45.4 Å². The van der Waals surface area contributed by atoms with E-state index in [1.165, 1.54) is 34.4 Å². The van der Waals surface area contributed by atoms with Gasteiger partial charge in [0.25, 0.3) is 0 Å². The van der Waals surface area contributed by atoms with Crippen LogP contribution in [-0.4, -0.2) is 26.4 Å². The van der Waals surface area contributed by atoms with Gasteiger partial charge < -0.3 is 5.32 Å². The molecule has 0 radical (unpaired) electrons. The first-order valence-electron chi connectivity index (χ1n) is 6.62. The van der Waals surface area contributed by atoms with Crippen molar-refractivity contribution >= 4 is 57.7 Å². The molecule has 2 heterocycles. The van der Waals surface area contributed by atoms with Gasteiger partial charge in [0.05, 0.1) is 17.1 Å². The normalized spacial score (nSPS) is 10.7. The van der Waals surface area contributed by atoms with Crippen molar-refractivity contribution in [1.82, 2.24) is 14.8 Å². The highest BCUT2D eigenvalue weighted by atomic mass is 32.2. The molecule has 1 N–H and O–H groups in total. The Labute approximate surface area is 150 Å². The molecule has 0 aliphatic rings. The van der Waals surface area contributed by atoms with Crippen molar-refractivity contribution in [2.45, 2.75) is 11.3 Å². The summed E-state index contributed by atoms with van der Waals surface area (Å²) < 4.78 is 3.14. The first kappa shape index (κ1) is 16.3. The molecule has 0 unspecified atom stereocenters. The van der Waals surface area contributed by atoms with Gasteiger partial charge in [-0.05, 0) is 31.3 Å². The van der Waals surface area contributed by atoms with Crippen LogP contribution in [0, 0.1) is 10.9 Å². The van der Waals surface area contributed by atoms with E-state index in [0.29, 0.717) is 9.09 Å². The van der Waals surface area contributed by atoms with Crippen molar-refractivity contribution in [1.29, 1.82) is 0 Å². The van der Waals surface area contributed by atoms with E-state index in [4.69, 9.17) is 12.2 Å². The summed E-state index contributed by atoms with van der Waals surface area (Å²) in [4.78, 5) is 16.1. The van der Waals surface area contributed by atoms with Crippen LogP contribution in [0.15, 0.2) is 40.1 Å². The monoisotopic (exact) mass is 380 g/mol. The zero-order chi connectivity index (χ0) is 16.2. The van der Waals surface area contributed by atoms with Crippen molar-refractivity contribution in [2.75, 3.05) is 11.1 Å². The Morgan fingerprint density at radius 1 is 1.39 bits per heavy atom. The minimum Gasteiger partial charge on any atom is -0.301 e. The summed E-state index contributed by atoms with van der Waals surface area (Å²) >= 11 is 9.52. The Kier molecular flexibility index (Phi) is 5.21. The molecule has 1 aromatic carbocycles. The molecule has 0 saturated carbocycles. The summed E-state index contributed by atoms with van der Waals surface area (Å²) in [6.07, 6.45) is 0. The number of carbonyl (C=O) groups excluding carboxylic acids is 1. The molecule has 0 saturated heterocycles. The Bertz CT molecular complexity index is 868. The Balaban J connectivity index is 1.63. The third-order valence-corrected chi connectivity index (χ3v) is 5.96. The lowest BCUT2D eigenvalue weighted by Gasteiger charge is -2.00. The number of carbonyl (C=O) groups is 1. The molecule has 0 aliphatic heterocycles. The van der Waals surface area contributed by atoms with Crippen LogP contribution in [0.3, 0.4) is 0 Å². The Morgan fingerprint density at radius 3 is 2.87 bits per heavy atom. The molecule has 1 amide bonds. The van der Waals surface area contributed by atoms with Gasteiger partial charge in [0.1, 0.15) is 0 Å². The van der Waals surface area contributed by atoms with Gasteiger partial charge in [0.15, 0.2) is 13.4 Å². The fraction of sp³-hybridized carbons (Fsp3) is 0.143. The number of benzene rings is 1. The fourth-order valence-electron chi connectivity index (χ4n) is 1.75. The number of para-hydroxylation sites is 1. The van der Waals surface area contributed by atoms with E-state index in [1.807, 2.05) is 42.6 Å². The summed E-state index contributed by atoms with van der Waals surface area (Å²) in [5.74, 6) is 0.173. The van der Waals surface area contributed by atoms with Gasteiger partial charge in [0, 0.05) is 5.38 Å². The first-order valence-corrected chi connectivity index (χ1v) is 9.71. The minimum absolute atomic E-state index is 0.100. The number of anilines is 1. The van der Waals surface area contributed by atoms with E-state index in [0.717, 1.165) is 15.7 Å². The van der Waals surface area contributed by atoms with Crippen LogP contribution in [0.4, 0.5) is 5.13 Å². The van der Waals surface area contributed by atoms with Crippen LogP contribution in [0.2, 0.25) is 0 Å². The van der Waals surface area contributed by atoms with Gasteiger partial charge in [-0.15, -0.1) is 16.4 Å². The highest BCUT2D eigenvalue weighted by molar-refractivity contribution is 8.01. The number of aromatic nitrogens is 3. The maximum absolute atomic E-state index is 11.9. The molecule has 0 atom stereocenters. The fourth-order valence-corrected chi connectivity index (χ4v) is 4.61. The van der Waals surface area contributed by atoms with Gasteiger partial charge in [-0.3, -0.25) is 4.79 Å². The van der Waals surface area contributed by atoms with Crippen molar-refractivity contribution in [3.63, 3.8) is 0 Å². The van der Waals surface area contributed by atoms with Gasteiger partial charge >= 0.3 is 0 Å². The number of hydrogen-bond donors (Lipinski definition) is 1. The van der Waals surface area contributed by atoms with Crippen molar-refractivity contribution in [3.8, 4) is 5.69 Å². The largest absolute Gasteiger partial charge is 0.301 e. The summed E-state index contributed by atoms with van der Waals surface area (Å²) in [7, 11) is 0. The number of thiazole rings is 1. The SMILES string of the molecule is Cc1csc(NC(=O)CSc2nn(-c3ccccc3)c(=S)s2)n1. The predicted molar refractivity (Wildman–Crippen MR) is 98.5 cm³/mol. The summed E-state index contributed by atoms with van der Waals surface area (Å²) in [6, 6.07) is 9.71. The predicted octanol–water partition coefficient (Wildman–Crippen LogP) is 4.16. The Morgan fingerprint density at radius 2 is 2.17 bits per heavy atom. The molecular formula is C14H12N4OS4. The molecule has 3 aromatic rings. The average molecular weight is 381 g/mol. The molecule has 0 aliphatic carbocycles. The van der Waals surface area contributed by atoms with Crippen LogP contribution >= 0.6 is 46.7 Å². The number of thioether (sulfide) groups is 1. The highest BCUT2D eigenvalue weighted by Gasteiger charge is 2.10. The number of nitrogens with one attached hydrogen (secondary N) is 1. The first-order chi connectivity index (χ1) is 11.1. The summed E-state index contributed by atoms with van der Waals surface area (Å²) in [6.45, 7) is 1.89. The maximum Gasteiger partial charge on any atom is 0.236 e.